The molecule has 1 fully saturated rings. The van der Waals surface area contributed by atoms with Crippen LogP contribution in [0.2, 0.25) is 0 Å². The lowest BCUT2D eigenvalue weighted by Crippen LogP contribution is -2.39. The molecule has 1 aliphatic rings. The van der Waals surface area contributed by atoms with Gasteiger partial charge in [-0.1, -0.05) is 29.4 Å². The number of hydrogen-bond donors (Lipinski definition) is 0. The van der Waals surface area contributed by atoms with Crippen molar-refractivity contribution in [2.24, 2.45) is 0 Å². The number of aromatic nitrogens is 4. The highest BCUT2D eigenvalue weighted by Gasteiger charge is 2.28. The van der Waals surface area contributed by atoms with Gasteiger partial charge in [0, 0.05) is 37.9 Å². The Morgan fingerprint density at radius 1 is 1.23 bits per heavy atom. The highest BCUT2D eigenvalue weighted by molar-refractivity contribution is 5.76. The first-order chi connectivity index (χ1) is 14.6. The quantitative estimate of drug-likeness (QED) is 0.584. The second-order valence-corrected chi connectivity index (χ2v) is 7.50. The lowest BCUT2D eigenvalue weighted by Gasteiger charge is -2.31. The number of nitrogens with zero attached hydrogens (tertiary/aromatic N) is 5. The molecule has 4 rings (SSSR count). The standard InChI is InChI=1S/C21H24FN5O3/c1-2-5-17-23-18(29-25-17)9-10-19(28)27-11-4-7-15(13-27)21-24-20(26-30-21)14-6-3-8-16(22)12-14/h3,6,8,12,15H,2,4-5,7,9-11,13H2,1H3. The summed E-state index contributed by atoms with van der Waals surface area (Å²) in [5.41, 5.74) is 0.566. The first-order valence-electron chi connectivity index (χ1n) is 10.3. The van der Waals surface area contributed by atoms with Crippen LogP contribution in [0.25, 0.3) is 11.4 Å². The van der Waals surface area contributed by atoms with Crippen molar-refractivity contribution in [3.05, 3.63) is 47.7 Å². The first-order valence-corrected chi connectivity index (χ1v) is 10.3. The Kier molecular flexibility index (Phi) is 6.15. The molecule has 1 unspecified atom stereocenters. The maximum Gasteiger partial charge on any atom is 0.231 e. The van der Waals surface area contributed by atoms with Crippen molar-refractivity contribution in [2.75, 3.05) is 13.1 Å². The molecule has 2 aromatic heterocycles. The smallest absolute Gasteiger partial charge is 0.231 e. The van der Waals surface area contributed by atoms with Gasteiger partial charge in [-0.2, -0.15) is 9.97 Å². The molecule has 158 valence electrons. The second-order valence-electron chi connectivity index (χ2n) is 7.50. The van der Waals surface area contributed by atoms with E-state index in [9.17, 15) is 9.18 Å². The SMILES string of the molecule is CCCc1noc(CCC(=O)N2CCCC(c3nc(-c4cccc(F)c4)no3)C2)n1. The van der Waals surface area contributed by atoms with Crippen LogP contribution in [0, 0.1) is 5.82 Å². The van der Waals surface area contributed by atoms with Crippen molar-refractivity contribution in [3.63, 3.8) is 0 Å². The van der Waals surface area contributed by atoms with Gasteiger partial charge in [0.2, 0.25) is 23.5 Å². The summed E-state index contributed by atoms with van der Waals surface area (Å²) in [6.45, 7) is 3.27. The van der Waals surface area contributed by atoms with Gasteiger partial charge in [-0.15, -0.1) is 0 Å². The van der Waals surface area contributed by atoms with E-state index >= 15 is 0 Å². The van der Waals surface area contributed by atoms with Gasteiger partial charge >= 0.3 is 0 Å². The van der Waals surface area contributed by atoms with Crippen LogP contribution in [0.1, 0.15) is 56.1 Å². The Labute approximate surface area is 173 Å². The van der Waals surface area contributed by atoms with Crippen molar-refractivity contribution in [2.45, 2.75) is 51.4 Å². The van der Waals surface area contributed by atoms with E-state index in [0.29, 0.717) is 54.9 Å². The fourth-order valence-corrected chi connectivity index (χ4v) is 3.64. The van der Waals surface area contributed by atoms with Gasteiger partial charge in [0.15, 0.2) is 5.82 Å². The largest absolute Gasteiger partial charge is 0.342 e. The van der Waals surface area contributed by atoms with E-state index < -0.39 is 0 Å². The number of piperidine rings is 1. The molecule has 0 N–H and O–H groups in total. The van der Waals surface area contributed by atoms with Crippen LogP contribution in [-0.4, -0.2) is 44.2 Å². The van der Waals surface area contributed by atoms with Crippen LogP contribution in [-0.2, 0) is 17.6 Å². The first kappa shape index (κ1) is 20.2. The highest BCUT2D eigenvalue weighted by atomic mass is 19.1. The van der Waals surface area contributed by atoms with Gasteiger partial charge in [0.05, 0.1) is 5.92 Å². The Morgan fingerprint density at radius 3 is 2.97 bits per heavy atom. The van der Waals surface area contributed by atoms with Crippen LogP contribution in [0.5, 0.6) is 0 Å². The number of hydrogen-bond acceptors (Lipinski definition) is 7. The van der Waals surface area contributed by atoms with Crippen LogP contribution in [0.3, 0.4) is 0 Å². The van der Waals surface area contributed by atoms with Gasteiger partial charge in [-0.3, -0.25) is 4.79 Å². The highest BCUT2D eigenvalue weighted by Crippen LogP contribution is 2.28. The minimum atomic E-state index is -0.351. The van der Waals surface area contributed by atoms with E-state index in [1.165, 1.54) is 12.1 Å². The lowest BCUT2D eigenvalue weighted by molar-refractivity contribution is -0.132. The number of amides is 1. The van der Waals surface area contributed by atoms with Crippen LogP contribution in [0.15, 0.2) is 33.3 Å². The number of carbonyl (C=O) groups excluding carboxylic acids is 1. The molecular weight excluding hydrogens is 389 g/mol. The molecule has 1 saturated heterocycles. The molecule has 8 nitrogen and oxygen atoms in total. The summed E-state index contributed by atoms with van der Waals surface area (Å²) in [4.78, 5) is 23.2. The van der Waals surface area contributed by atoms with E-state index in [4.69, 9.17) is 9.05 Å². The molecule has 0 aliphatic carbocycles. The normalized spacial score (nSPS) is 16.7. The molecule has 1 atom stereocenters. The van der Waals surface area contributed by atoms with Crippen LogP contribution < -0.4 is 0 Å². The molecule has 30 heavy (non-hydrogen) atoms. The number of rotatable bonds is 7. The molecule has 1 amide bonds. The zero-order valence-electron chi connectivity index (χ0n) is 16.9. The van der Waals surface area contributed by atoms with Crippen molar-refractivity contribution >= 4 is 5.91 Å². The average molecular weight is 413 g/mol. The summed E-state index contributed by atoms with van der Waals surface area (Å²) in [5.74, 6) is 1.67. The third kappa shape index (κ3) is 4.72. The summed E-state index contributed by atoms with van der Waals surface area (Å²) in [5, 5.41) is 7.90. The van der Waals surface area contributed by atoms with E-state index in [0.717, 1.165) is 25.7 Å². The second kappa shape index (κ2) is 9.15. The van der Waals surface area contributed by atoms with Crippen molar-refractivity contribution in [3.8, 4) is 11.4 Å². The molecule has 3 heterocycles. The van der Waals surface area contributed by atoms with Crippen molar-refractivity contribution < 1.29 is 18.2 Å². The van der Waals surface area contributed by atoms with Gasteiger partial charge in [-0.25, -0.2) is 4.39 Å². The molecule has 0 radical (unpaired) electrons. The fraction of sp³-hybridized carbons (Fsp3) is 0.476. The minimum Gasteiger partial charge on any atom is -0.342 e. The van der Waals surface area contributed by atoms with Gasteiger partial charge in [-0.05, 0) is 31.4 Å². The molecule has 1 aliphatic heterocycles. The predicted octanol–water partition coefficient (Wildman–Crippen LogP) is 3.55. The summed E-state index contributed by atoms with van der Waals surface area (Å²) in [6, 6.07) is 6.08. The molecule has 3 aromatic rings. The Bertz CT molecular complexity index is 1000. The summed E-state index contributed by atoms with van der Waals surface area (Å²) >= 11 is 0. The number of likely N-dealkylation sites (tertiary alicyclic amines) is 1. The van der Waals surface area contributed by atoms with Gasteiger partial charge < -0.3 is 13.9 Å². The van der Waals surface area contributed by atoms with E-state index in [-0.39, 0.29) is 17.6 Å². The maximum atomic E-state index is 13.4. The number of benzene rings is 1. The Hall–Kier alpha value is -3.10. The summed E-state index contributed by atoms with van der Waals surface area (Å²) in [7, 11) is 0. The van der Waals surface area contributed by atoms with Crippen LogP contribution in [0.4, 0.5) is 4.39 Å². The van der Waals surface area contributed by atoms with Crippen molar-refractivity contribution in [1.82, 2.24) is 25.2 Å². The predicted molar refractivity (Wildman–Crippen MR) is 105 cm³/mol. The zero-order valence-corrected chi connectivity index (χ0v) is 16.9. The van der Waals surface area contributed by atoms with Gasteiger partial charge in [0.1, 0.15) is 5.82 Å². The zero-order chi connectivity index (χ0) is 20.9. The Morgan fingerprint density at radius 2 is 2.13 bits per heavy atom. The fourth-order valence-electron chi connectivity index (χ4n) is 3.64. The lowest BCUT2D eigenvalue weighted by atomic mass is 9.97. The van der Waals surface area contributed by atoms with Crippen molar-refractivity contribution in [1.29, 1.82) is 0 Å². The molecule has 0 saturated carbocycles. The average Bonchev–Trinajstić information content (AvgIpc) is 3.42. The molecule has 0 spiro atoms. The Balaban J connectivity index is 1.35. The number of halogens is 1. The topological polar surface area (TPSA) is 98.2 Å². The molecule has 1 aromatic carbocycles. The number of aryl methyl sites for hydroxylation is 2. The summed E-state index contributed by atoms with van der Waals surface area (Å²) < 4.78 is 24.1. The molecule has 9 heteroatoms. The minimum absolute atomic E-state index is 0.0305. The molecule has 0 bridgehead atoms. The third-order valence-corrected chi connectivity index (χ3v) is 5.18. The number of carbonyl (C=O) groups is 1. The maximum absolute atomic E-state index is 13.4. The monoisotopic (exact) mass is 413 g/mol. The van der Waals surface area contributed by atoms with Gasteiger partial charge in [0.25, 0.3) is 0 Å². The molecular formula is C21H24FN5O3. The van der Waals surface area contributed by atoms with Crippen LogP contribution >= 0.6 is 0 Å². The van der Waals surface area contributed by atoms with E-state index in [2.05, 4.69) is 27.2 Å². The van der Waals surface area contributed by atoms with E-state index in [1.54, 1.807) is 12.1 Å². The third-order valence-electron chi connectivity index (χ3n) is 5.18. The van der Waals surface area contributed by atoms with E-state index in [1.807, 2.05) is 4.90 Å². The summed E-state index contributed by atoms with van der Waals surface area (Å²) in [6.07, 6.45) is 4.18.